The van der Waals surface area contributed by atoms with Crippen LogP contribution in [0.3, 0.4) is 0 Å². The van der Waals surface area contributed by atoms with E-state index in [1.807, 2.05) is 0 Å². The predicted molar refractivity (Wildman–Crippen MR) is 90.8 cm³/mol. The summed E-state index contributed by atoms with van der Waals surface area (Å²) in [5, 5.41) is 5.21. The van der Waals surface area contributed by atoms with Crippen molar-refractivity contribution in [2.45, 2.75) is 11.1 Å². The molecular weight excluding hydrogens is 371 g/mol. The number of sulfonamides is 1. The van der Waals surface area contributed by atoms with Crippen LogP contribution in [0.15, 0.2) is 47.4 Å². The Bertz CT molecular complexity index is 911. The van der Waals surface area contributed by atoms with Crippen molar-refractivity contribution in [2.24, 2.45) is 0 Å². The average Bonchev–Trinajstić information content (AvgIpc) is 2.61. The Balaban J connectivity index is 2.41. The van der Waals surface area contributed by atoms with Crippen molar-refractivity contribution in [1.82, 2.24) is 10.0 Å². The van der Waals surface area contributed by atoms with Crippen LogP contribution in [-0.4, -0.2) is 28.4 Å². The first-order valence-electron chi connectivity index (χ1n) is 7.32. The number of carbonyl (C=O) groups is 1. The third-order valence-electron chi connectivity index (χ3n) is 3.53. The van der Waals surface area contributed by atoms with Gasteiger partial charge >= 0.3 is 6.18 Å². The fourth-order valence-electron chi connectivity index (χ4n) is 2.14. The number of halogens is 3. The van der Waals surface area contributed by atoms with Crippen molar-refractivity contribution >= 4 is 27.3 Å². The third-order valence-corrected chi connectivity index (χ3v) is 4.94. The van der Waals surface area contributed by atoms with Crippen LogP contribution in [0.4, 0.5) is 24.5 Å². The van der Waals surface area contributed by atoms with Crippen molar-refractivity contribution in [3.8, 4) is 0 Å². The van der Waals surface area contributed by atoms with Crippen LogP contribution < -0.4 is 15.4 Å². The minimum absolute atomic E-state index is 0.0312. The van der Waals surface area contributed by atoms with Crippen molar-refractivity contribution in [2.75, 3.05) is 19.4 Å². The van der Waals surface area contributed by atoms with E-state index in [0.717, 1.165) is 12.1 Å². The summed E-state index contributed by atoms with van der Waals surface area (Å²) in [4.78, 5) is 11.9. The molecule has 0 aliphatic heterocycles. The third kappa shape index (κ3) is 4.33. The summed E-state index contributed by atoms with van der Waals surface area (Å²) in [5.74, 6) is -0.549. The lowest BCUT2D eigenvalue weighted by Gasteiger charge is -2.14. The standard InChI is InChI=1S/C16H16F3N3O3S/c1-20-15(23)13-9-12(26(24,25)21-2)7-8-14(13)22-11-5-3-10(4-6-11)16(17,18)19/h3-9,21-22H,1-2H3,(H,20,23). The Morgan fingerprint density at radius 1 is 1.00 bits per heavy atom. The van der Waals surface area contributed by atoms with E-state index in [1.165, 1.54) is 44.4 Å². The highest BCUT2D eigenvalue weighted by Gasteiger charge is 2.30. The Hall–Kier alpha value is -2.59. The van der Waals surface area contributed by atoms with Crippen molar-refractivity contribution in [3.05, 3.63) is 53.6 Å². The number of anilines is 2. The number of nitrogens with one attached hydrogen (secondary N) is 3. The molecule has 0 spiro atoms. The molecular formula is C16H16F3N3O3S. The van der Waals surface area contributed by atoms with E-state index in [0.29, 0.717) is 5.69 Å². The number of hydrogen-bond donors (Lipinski definition) is 3. The lowest BCUT2D eigenvalue weighted by molar-refractivity contribution is -0.137. The number of rotatable bonds is 5. The predicted octanol–water partition coefficient (Wildman–Crippen LogP) is 2.72. The maximum Gasteiger partial charge on any atom is 0.416 e. The SMILES string of the molecule is CNC(=O)c1cc(S(=O)(=O)NC)ccc1Nc1ccc(C(F)(F)F)cc1. The summed E-state index contributed by atoms with van der Waals surface area (Å²) in [7, 11) is -1.14. The van der Waals surface area contributed by atoms with E-state index in [4.69, 9.17) is 0 Å². The van der Waals surface area contributed by atoms with Gasteiger partial charge in [-0.25, -0.2) is 13.1 Å². The largest absolute Gasteiger partial charge is 0.416 e. The second kappa shape index (κ2) is 7.34. The van der Waals surface area contributed by atoms with Gasteiger partial charge in [-0.2, -0.15) is 13.2 Å². The molecule has 2 aromatic rings. The second-order valence-corrected chi connectivity index (χ2v) is 7.08. The zero-order valence-electron chi connectivity index (χ0n) is 13.8. The Labute approximate surface area is 148 Å². The van der Waals surface area contributed by atoms with Crippen molar-refractivity contribution < 1.29 is 26.4 Å². The topological polar surface area (TPSA) is 87.3 Å². The van der Waals surface area contributed by atoms with Crippen LogP contribution in [0, 0.1) is 0 Å². The molecule has 140 valence electrons. The summed E-state index contributed by atoms with van der Waals surface area (Å²) in [6.45, 7) is 0. The van der Waals surface area contributed by atoms with E-state index in [9.17, 15) is 26.4 Å². The second-order valence-electron chi connectivity index (χ2n) is 5.19. The lowest BCUT2D eigenvalue weighted by Crippen LogP contribution is -2.22. The van der Waals surface area contributed by atoms with Gasteiger partial charge in [-0.1, -0.05) is 0 Å². The van der Waals surface area contributed by atoms with E-state index in [1.54, 1.807) is 0 Å². The van der Waals surface area contributed by atoms with Gasteiger partial charge in [0.2, 0.25) is 10.0 Å². The minimum Gasteiger partial charge on any atom is -0.355 e. The number of carbonyl (C=O) groups excluding carboxylic acids is 1. The van der Waals surface area contributed by atoms with Gasteiger partial charge < -0.3 is 10.6 Å². The fraction of sp³-hybridized carbons (Fsp3) is 0.188. The quantitative estimate of drug-likeness (QED) is 0.736. The normalized spacial score (nSPS) is 11.9. The van der Waals surface area contributed by atoms with E-state index < -0.39 is 27.7 Å². The summed E-state index contributed by atoms with van der Waals surface area (Å²) < 4.78 is 63.8. The highest BCUT2D eigenvalue weighted by Crippen LogP contribution is 2.31. The van der Waals surface area contributed by atoms with Gasteiger partial charge in [0.1, 0.15) is 0 Å². The van der Waals surface area contributed by atoms with E-state index in [-0.39, 0.29) is 16.1 Å². The van der Waals surface area contributed by atoms with Crippen LogP contribution >= 0.6 is 0 Å². The Morgan fingerprint density at radius 2 is 1.62 bits per heavy atom. The molecule has 0 fully saturated rings. The molecule has 2 aromatic carbocycles. The maximum absolute atomic E-state index is 12.6. The molecule has 0 radical (unpaired) electrons. The first-order chi connectivity index (χ1) is 12.1. The molecule has 2 rings (SSSR count). The zero-order valence-corrected chi connectivity index (χ0v) is 14.6. The molecule has 0 bridgehead atoms. The number of benzene rings is 2. The van der Waals surface area contributed by atoms with Crippen molar-refractivity contribution in [3.63, 3.8) is 0 Å². The molecule has 0 atom stereocenters. The molecule has 0 aromatic heterocycles. The first-order valence-corrected chi connectivity index (χ1v) is 8.81. The summed E-state index contributed by atoms with van der Waals surface area (Å²) in [5.41, 5.74) is -0.208. The van der Waals surface area contributed by atoms with Crippen LogP contribution in [-0.2, 0) is 16.2 Å². The van der Waals surface area contributed by atoms with Gasteiger partial charge in [0.05, 0.1) is 21.7 Å². The molecule has 0 saturated heterocycles. The monoisotopic (exact) mass is 387 g/mol. The number of alkyl halides is 3. The molecule has 10 heteroatoms. The van der Waals surface area contributed by atoms with Crippen LogP contribution in [0.1, 0.15) is 15.9 Å². The highest BCUT2D eigenvalue weighted by atomic mass is 32.2. The summed E-state index contributed by atoms with van der Waals surface area (Å²) in [6.07, 6.45) is -4.45. The lowest BCUT2D eigenvalue weighted by atomic mass is 10.1. The van der Waals surface area contributed by atoms with Gasteiger partial charge in [0.25, 0.3) is 5.91 Å². The smallest absolute Gasteiger partial charge is 0.355 e. The molecule has 26 heavy (non-hydrogen) atoms. The first kappa shape index (κ1) is 19.7. The summed E-state index contributed by atoms with van der Waals surface area (Å²) >= 11 is 0. The van der Waals surface area contributed by atoms with Gasteiger partial charge in [0, 0.05) is 12.7 Å². The Kier molecular flexibility index (Phi) is 5.57. The molecule has 3 N–H and O–H groups in total. The molecule has 0 aliphatic carbocycles. The fourth-order valence-corrected chi connectivity index (χ4v) is 2.89. The van der Waals surface area contributed by atoms with Gasteiger partial charge in [-0.05, 0) is 49.5 Å². The van der Waals surface area contributed by atoms with E-state index in [2.05, 4.69) is 15.4 Å². The van der Waals surface area contributed by atoms with E-state index >= 15 is 0 Å². The van der Waals surface area contributed by atoms with Gasteiger partial charge in [0.15, 0.2) is 0 Å². The maximum atomic E-state index is 12.6. The van der Waals surface area contributed by atoms with Gasteiger partial charge in [-0.15, -0.1) is 0 Å². The molecule has 0 unspecified atom stereocenters. The molecule has 0 saturated carbocycles. The van der Waals surface area contributed by atoms with Crippen LogP contribution in [0.25, 0.3) is 0 Å². The molecule has 0 heterocycles. The van der Waals surface area contributed by atoms with Gasteiger partial charge in [-0.3, -0.25) is 4.79 Å². The van der Waals surface area contributed by atoms with Crippen LogP contribution in [0.5, 0.6) is 0 Å². The number of hydrogen-bond acceptors (Lipinski definition) is 4. The zero-order chi connectivity index (χ0) is 19.5. The average molecular weight is 387 g/mol. The van der Waals surface area contributed by atoms with Crippen molar-refractivity contribution in [1.29, 1.82) is 0 Å². The Morgan fingerprint density at radius 3 is 2.12 bits per heavy atom. The molecule has 0 aliphatic rings. The molecule has 6 nitrogen and oxygen atoms in total. The molecule has 1 amide bonds. The highest BCUT2D eigenvalue weighted by molar-refractivity contribution is 7.89. The van der Waals surface area contributed by atoms with Crippen LogP contribution in [0.2, 0.25) is 0 Å². The summed E-state index contributed by atoms with van der Waals surface area (Å²) in [6, 6.07) is 8.07. The number of amides is 1. The minimum atomic E-state index is -4.45.